The molecule has 1 aliphatic heterocycles. The average Bonchev–Trinajstić information content (AvgIpc) is 2.35. The lowest BCUT2D eigenvalue weighted by atomic mass is 9.94. The van der Waals surface area contributed by atoms with Gasteiger partial charge in [0.05, 0.1) is 10.5 Å². The molecule has 1 aromatic rings. The van der Waals surface area contributed by atoms with Gasteiger partial charge in [0, 0.05) is 11.8 Å². The molecule has 0 radical (unpaired) electrons. The molecule has 0 amide bonds. The Labute approximate surface area is 102 Å². The largest absolute Gasteiger partial charge is 0.390 e. The smallest absolute Gasteiger partial charge is 0.200 e. The Morgan fingerprint density at radius 2 is 1.94 bits per heavy atom. The highest BCUT2D eigenvalue weighted by Crippen LogP contribution is 2.37. The first-order valence-corrected chi connectivity index (χ1v) is 7.03. The highest BCUT2D eigenvalue weighted by Gasteiger charge is 2.29. The molecule has 0 atom stereocenters. The molecule has 0 saturated carbocycles. The lowest BCUT2D eigenvalue weighted by molar-refractivity contribution is 0.0864. The Morgan fingerprint density at radius 3 is 2.53 bits per heavy atom. The van der Waals surface area contributed by atoms with Gasteiger partial charge in [0.15, 0.2) is 0 Å². The topological polar surface area (TPSA) is 54.4 Å². The average molecular weight is 252 g/mol. The fourth-order valence-corrected chi connectivity index (χ4v) is 3.53. The van der Waals surface area contributed by atoms with Gasteiger partial charge in [-0.3, -0.25) is 0 Å². The summed E-state index contributed by atoms with van der Waals surface area (Å²) in [6.45, 7) is 5.27. The second kappa shape index (κ2) is 3.68. The van der Waals surface area contributed by atoms with E-state index in [0.717, 1.165) is 11.1 Å². The SMILES string of the molecule is Cc1ccc2c(c1)C(CC(C)(C)O)=CS2(=O)=O. The van der Waals surface area contributed by atoms with E-state index >= 15 is 0 Å². The van der Waals surface area contributed by atoms with Gasteiger partial charge < -0.3 is 5.11 Å². The number of hydrogen-bond donors (Lipinski definition) is 1. The van der Waals surface area contributed by atoms with E-state index in [1.165, 1.54) is 5.41 Å². The van der Waals surface area contributed by atoms with E-state index < -0.39 is 15.4 Å². The minimum atomic E-state index is -3.32. The maximum absolute atomic E-state index is 11.9. The van der Waals surface area contributed by atoms with Gasteiger partial charge in [-0.2, -0.15) is 0 Å². The molecule has 92 valence electrons. The summed E-state index contributed by atoms with van der Waals surface area (Å²) in [5.74, 6) is 0. The number of rotatable bonds is 2. The highest BCUT2D eigenvalue weighted by atomic mass is 32.2. The summed E-state index contributed by atoms with van der Waals surface area (Å²) in [6, 6.07) is 5.28. The third-order valence-electron chi connectivity index (χ3n) is 2.71. The van der Waals surface area contributed by atoms with E-state index in [9.17, 15) is 13.5 Å². The molecular weight excluding hydrogens is 236 g/mol. The zero-order chi connectivity index (χ0) is 12.8. The van der Waals surface area contributed by atoms with Crippen molar-refractivity contribution in [2.75, 3.05) is 0 Å². The summed E-state index contributed by atoms with van der Waals surface area (Å²) in [7, 11) is -3.32. The lowest BCUT2D eigenvalue weighted by Crippen LogP contribution is -2.18. The van der Waals surface area contributed by atoms with E-state index in [-0.39, 0.29) is 0 Å². The van der Waals surface area contributed by atoms with Crippen molar-refractivity contribution in [2.24, 2.45) is 0 Å². The quantitative estimate of drug-likeness (QED) is 0.878. The maximum Gasteiger partial charge on any atom is 0.200 e. The van der Waals surface area contributed by atoms with Crippen molar-refractivity contribution in [3.05, 3.63) is 34.7 Å². The minimum Gasteiger partial charge on any atom is -0.390 e. The van der Waals surface area contributed by atoms with Crippen molar-refractivity contribution in [3.8, 4) is 0 Å². The number of benzene rings is 1. The van der Waals surface area contributed by atoms with Crippen molar-refractivity contribution < 1.29 is 13.5 Å². The molecule has 0 aliphatic carbocycles. The van der Waals surface area contributed by atoms with E-state index in [1.54, 1.807) is 26.0 Å². The fraction of sp³-hybridized carbons (Fsp3) is 0.385. The summed E-state index contributed by atoms with van der Waals surface area (Å²) in [5, 5.41) is 11.1. The van der Waals surface area contributed by atoms with Gasteiger partial charge in [0.2, 0.25) is 9.84 Å². The zero-order valence-electron chi connectivity index (χ0n) is 10.2. The van der Waals surface area contributed by atoms with Gasteiger partial charge in [-0.25, -0.2) is 8.42 Å². The molecule has 2 rings (SSSR count). The molecule has 1 aliphatic rings. The molecule has 1 N–H and O–H groups in total. The Kier molecular flexibility index (Phi) is 2.67. The van der Waals surface area contributed by atoms with Crippen LogP contribution in [0.3, 0.4) is 0 Å². The fourth-order valence-electron chi connectivity index (χ4n) is 2.06. The van der Waals surface area contributed by atoms with Crippen molar-refractivity contribution >= 4 is 15.4 Å². The second-order valence-corrected chi connectivity index (χ2v) is 6.94. The Morgan fingerprint density at radius 1 is 1.29 bits per heavy atom. The normalized spacial score (nSPS) is 17.8. The van der Waals surface area contributed by atoms with E-state index in [0.29, 0.717) is 16.9 Å². The Balaban J connectivity index is 2.56. The molecule has 0 aromatic heterocycles. The third-order valence-corrected chi connectivity index (χ3v) is 4.27. The van der Waals surface area contributed by atoms with Crippen molar-refractivity contribution in [2.45, 2.75) is 37.7 Å². The van der Waals surface area contributed by atoms with Crippen LogP contribution in [-0.4, -0.2) is 19.1 Å². The summed E-state index contributed by atoms with van der Waals surface area (Å²) in [6.07, 6.45) is 0.336. The van der Waals surface area contributed by atoms with E-state index in [1.807, 2.05) is 13.0 Å². The molecule has 0 bridgehead atoms. The summed E-state index contributed by atoms with van der Waals surface area (Å²) in [4.78, 5) is 0.349. The van der Waals surface area contributed by atoms with Crippen LogP contribution < -0.4 is 0 Å². The molecule has 1 heterocycles. The van der Waals surface area contributed by atoms with Gasteiger partial charge in [0.25, 0.3) is 0 Å². The van der Waals surface area contributed by atoms with E-state index in [2.05, 4.69) is 0 Å². The first kappa shape index (κ1) is 12.3. The number of hydrogen-bond acceptors (Lipinski definition) is 3. The van der Waals surface area contributed by atoms with Crippen LogP contribution in [0.25, 0.3) is 5.57 Å². The van der Waals surface area contributed by atoms with Crippen LogP contribution in [-0.2, 0) is 9.84 Å². The monoisotopic (exact) mass is 252 g/mol. The summed E-state index contributed by atoms with van der Waals surface area (Å²) in [5.41, 5.74) is 1.53. The standard InChI is InChI=1S/C13H16O3S/c1-9-4-5-12-11(6-9)10(7-13(2,3)14)8-17(12,15)16/h4-6,8,14H,7H2,1-3H3. The van der Waals surface area contributed by atoms with Gasteiger partial charge in [-0.05, 0) is 38.0 Å². The van der Waals surface area contributed by atoms with Crippen molar-refractivity contribution in [1.82, 2.24) is 0 Å². The van der Waals surface area contributed by atoms with Crippen LogP contribution in [0.4, 0.5) is 0 Å². The molecule has 0 fully saturated rings. The van der Waals surface area contributed by atoms with Gasteiger partial charge in [-0.1, -0.05) is 17.7 Å². The predicted octanol–water partition coefficient (Wildman–Crippen LogP) is 2.28. The second-order valence-electron chi connectivity index (χ2n) is 5.18. The molecule has 4 heteroatoms. The zero-order valence-corrected chi connectivity index (χ0v) is 11.0. The Hall–Kier alpha value is -1.13. The van der Waals surface area contributed by atoms with Crippen LogP contribution in [0.2, 0.25) is 0 Å². The summed E-state index contributed by atoms with van der Waals surface area (Å²) >= 11 is 0. The van der Waals surface area contributed by atoms with Gasteiger partial charge in [-0.15, -0.1) is 0 Å². The molecule has 1 aromatic carbocycles. The Bertz CT molecular complexity index is 590. The maximum atomic E-state index is 11.9. The predicted molar refractivity (Wildman–Crippen MR) is 67.3 cm³/mol. The van der Waals surface area contributed by atoms with Gasteiger partial charge in [0.1, 0.15) is 0 Å². The molecular formula is C13H16O3S. The molecule has 3 nitrogen and oxygen atoms in total. The number of fused-ring (bicyclic) bond motifs is 1. The van der Waals surface area contributed by atoms with Crippen molar-refractivity contribution in [1.29, 1.82) is 0 Å². The van der Waals surface area contributed by atoms with Crippen molar-refractivity contribution in [3.63, 3.8) is 0 Å². The third kappa shape index (κ3) is 2.42. The highest BCUT2D eigenvalue weighted by molar-refractivity contribution is 7.95. The molecule has 17 heavy (non-hydrogen) atoms. The van der Waals surface area contributed by atoms with Crippen LogP contribution in [0.15, 0.2) is 28.5 Å². The molecule has 0 spiro atoms. The van der Waals surface area contributed by atoms with Crippen LogP contribution in [0.1, 0.15) is 31.4 Å². The first-order valence-electron chi connectivity index (χ1n) is 5.48. The van der Waals surface area contributed by atoms with Crippen LogP contribution in [0, 0.1) is 6.92 Å². The lowest BCUT2D eigenvalue weighted by Gasteiger charge is -2.18. The van der Waals surface area contributed by atoms with Crippen LogP contribution >= 0.6 is 0 Å². The minimum absolute atomic E-state index is 0.336. The molecule has 0 unspecified atom stereocenters. The van der Waals surface area contributed by atoms with Gasteiger partial charge >= 0.3 is 0 Å². The summed E-state index contributed by atoms with van der Waals surface area (Å²) < 4.78 is 23.8. The first-order chi connectivity index (χ1) is 7.69. The van der Waals surface area contributed by atoms with E-state index in [4.69, 9.17) is 0 Å². The molecule has 0 saturated heterocycles. The number of aliphatic hydroxyl groups is 1. The van der Waals surface area contributed by atoms with Crippen LogP contribution in [0.5, 0.6) is 0 Å². The number of aryl methyl sites for hydroxylation is 1. The number of sulfone groups is 1.